The van der Waals surface area contributed by atoms with Gasteiger partial charge in [-0.2, -0.15) is 0 Å². The Morgan fingerprint density at radius 1 is 1.17 bits per heavy atom. The van der Waals surface area contributed by atoms with E-state index in [1.165, 1.54) is 5.56 Å². The van der Waals surface area contributed by atoms with Crippen molar-refractivity contribution in [3.63, 3.8) is 0 Å². The van der Waals surface area contributed by atoms with Crippen molar-refractivity contribution < 1.29 is 14.3 Å². The van der Waals surface area contributed by atoms with E-state index >= 15 is 0 Å². The first-order chi connectivity index (χ1) is 13.9. The molecule has 0 atom stereocenters. The Hall–Kier alpha value is -1.92. The molecule has 0 aromatic heterocycles. The number of ether oxygens (including phenoxy) is 1. The van der Waals surface area contributed by atoms with E-state index < -0.39 is 0 Å². The maximum atomic E-state index is 12.6. The van der Waals surface area contributed by atoms with Gasteiger partial charge in [-0.05, 0) is 50.8 Å². The number of methoxy groups -OCH3 is 1. The smallest absolute Gasteiger partial charge is 0.223 e. The highest BCUT2D eigenvalue weighted by molar-refractivity contribution is 5.81. The first kappa shape index (κ1) is 21.8. The number of rotatable bonds is 8. The third-order valence-electron chi connectivity index (χ3n) is 6.95. The van der Waals surface area contributed by atoms with Crippen LogP contribution in [0.25, 0.3) is 0 Å². The highest BCUT2D eigenvalue weighted by Crippen LogP contribution is 2.52. The van der Waals surface area contributed by atoms with Crippen molar-refractivity contribution in [3.05, 3.63) is 35.9 Å². The zero-order valence-corrected chi connectivity index (χ0v) is 18.1. The fourth-order valence-corrected chi connectivity index (χ4v) is 5.07. The lowest BCUT2D eigenvalue weighted by molar-refractivity contribution is -0.128. The number of nitrogens with zero attached hydrogens (tertiary/aromatic N) is 2. The van der Waals surface area contributed by atoms with Crippen LogP contribution in [0.4, 0.5) is 0 Å². The van der Waals surface area contributed by atoms with E-state index in [0.29, 0.717) is 32.5 Å². The molecule has 1 aliphatic heterocycles. The minimum absolute atomic E-state index is 0.0184. The summed E-state index contributed by atoms with van der Waals surface area (Å²) in [5, 5.41) is 2.83. The van der Waals surface area contributed by atoms with E-state index in [0.717, 1.165) is 32.2 Å². The summed E-state index contributed by atoms with van der Waals surface area (Å²) in [6.07, 6.45) is 5.18. The molecule has 6 nitrogen and oxygen atoms in total. The molecule has 160 valence electrons. The van der Waals surface area contributed by atoms with Crippen LogP contribution >= 0.6 is 0 Å². The Kier molecular flexibility index (Phi) is 6.96. The molecule has 1 spiro atoms. The van der Waals surface area contributed by atoms with Crippen molar-refractivity contribution >= 4 is 11.8 Å². The zero-order chi connectivity index (χ0) is 20.9. The van der Waals surface area contributed by atoms with E-state index in [9.17, 15) is 9.59 Å². The van der Waals surface area contributed by atoms with Crippen molar-refractivity contribution in [1.29, 1.82) is 0 Å². The summed E-state index contributed by atoms with van der Waals surface area (Å²) < 4.78 is 4.95. The molecule has 1 N–H and O–H groups in total. The van der Waals surface area contributed by atoms with E-state index in [2.05, 4.69) is 54.6 Å². The summed E-state index contributed by atoms with van der Waals surface area (Å²) in [7, 11) is 5.94. The van der Waals surface area contributed by atoms with Gasteiger partial charge in [0.05, 0.1) is 6.61 Å². The van der Waals surface area contributed by atoms with Gasteiger partial charge in [-0.15, -0.1) is 0 Å². The van der Waals surface area contributed by atoms with Gasteiger partial charge < -0.3 is 15.0 Å². The Labute approximate surface area is 174 Å². The second-order valence-corrected chi connectivity index (χ2v) is 8.88. The number of nitrogens with one attached hydrogen (secondary N) is 1. The molecular formula is C23H35N3O3. The fourth-order valence-electron chi connectivity index (χ4n) is 5.07. The Morgan fingerprint density at radius 3 is 2.48 bits per heavy atom. The van der Waals surface area contributed by atoms with E-state index in [-0.39, 0.29) is 22.8 Å². The standard InChI is InChI=1S/C23H35N3O3/c1-25(2)23(19-7-5-4-6-8-19)12-10-22(11-13-23)17-21(28)26(18-22)15-9-20(27)24-14-16-29-3/h4-8H,9-18H2,1-3H3,(H,24,27)/t22-,23-. The number of carbonyl (C=O) groups is 2. The molecule has 0 radical (unpaired) electrons. The number of carbonyl (C=O) groups excluding carboxylic acids is 2. The van der Waals surface area contributed by atoms with Crippen molar-refractivity contribution in [2.75, 3.05) is 47.4 Å². The summed E-state index contributed by atoms with van der Waals surface area (Å²) in [6.45, 7) is 2.32. The first-order valence-corrected chi connectivity index (χ1v) is 10.7. The van der Waals surface area contributed by atoms with Crippen LogP contribution in [0.2, 0.25) is 0 Å². The Balaban J connectivity index is 1.58. The monoisotopic (exact) mass is 401 g/mol. The molecule has 6 heteroatoms. The van der Waals surface area contributed by atoms with Crippen LogP contribution in [-0.2, 0) is 19.9 Å². The van der Waals surface area contributed by atoms with Gasteiger partial charge >= 0.3 is 0 Å². The molecule has 2 amide bonds. The van der Waals surface area contributed by atoms with E-state index in [1.807, 2.05) is 4.90 Å². The number of likely N-dealkylation sites (tertiary alicyclic amines) is 1. The topological polar surface area (TPSA) is 61.9 Å². The average Bonchev–Trinajstić information content (AvgIpc) is 3.03. The van der Waals surface area contributed by atoms with Crippen molar-refractivity contribution in [2.24, 2.45) is 5.41 Å². The third-order valence-corrected chi connectivity index (χ3v) is 6.95. The van der Waals surface area contributed by atoms with Gasteiger partial charge in [-0.1, -0.05) is 30.3 Å². The number of hydrogen-bond donors (Lipinski definition) is 1. The second kappa shape index (κ2) is 9.26. The van der Waals surface area contributed by atoms with Crippen molar-refractivity contribution in [2.45, 2.75) is 44.1 Å². The van der Waals surface area contributed by atoms with Crippen LogP contribution in [0.15, 0.2) is 30.3 Å². The quantitative estimate of drug-likeness (QED) is 0.680. The van der Waals surface area contributed by atoms with Crippen LogP contribution in [0.5, 0.6) is 0 Å². The largest absolute Gasteiger partial charge is 0.383 e. The third kappa shape index (κ3) is 4.81. The van der Waals surface area contributed by atoms with Crippen LogP contribution in [-0.4, -0.2) is 69.1 Å². The molecule has 0 unspecified atom stereocenters. The van der Waals surface area contributed by atoms with E-state index in [4.69, 9.17) is 4.74 Å². The number of amides is 2. The molecule has 1 heterocycles. The summed E-state index contributed by atoms with van der Waals surface area (Å²) >= 11 is 0. The van der Waals surface area contributed by atoms with Gasteiger partial charge in [-0.3, -0.25) is 14.5 Å². The SMILES string of the molecule is COCCNC(=O)CCN1C[C@]2(CC[C@](c3ccccc3)(N(C)C)CC2)CC1=O. The van der Waals surface area contributed by atoms with Gasteiger partial charge in [0.1, 0.15) is 0 Å². The number of hydrogen-bond acceptors (Lipinski definition) is 4. The lowest BCUT2D eigenvalue weighted by Gasteiger charge is -2.48. The van der Waals surface area contributed by atoms with Crippen molar-refractivity contribution in [1.82, 2.24) is 15.1 Å². The van der Waals surface area contributed by atoms with Gasteiger partial charge in [0.2, 0.25) is 11.8 Å². The molecule has 1 aliphatic carbocycles. The van der Waals surface area contributed by atoms with Crippen LogP contribution in [0.3, 0.4) is 0 Å². The Bertz CT molecular complexity index is 697. The fraction of sp³-hybridized carbons (Fsp3) is 0.652. The van der Waals surface area contributed by atoms with Crippen molar-refractivity contribution in [3.8, 4) is 0 Å². The van der Waals surface area contributed by atoms with E-state index in [1.54, 1.807) is 7.11 Å². The molecule has 3 rings (SSSR count). The second-order valence-electron chi connectivity index (χ2n) is 8.88. The molecule has 1 saturated heterocycles. The van der Waals surface area contributed by atoms with Gasteiger partial charge in [0.25, 0.3) is 0 Å². The molecule has 2 fully saturated rings. The highest BCUT2D eigenvalue weighted by atomic mass is 16.5. The van der Waals surface area contributed by atoms with Gasteiger partial charge in [0.15, 0.2) is 0 Å². The minimum atomic E-state index is -0.0184. The van der Waals surface area contributed by atoms with Gasteiger partial charge in [0, 0.05) is 45.1 Å². The molecule has 1 saturated carbocycles. The Morgan fingerprint density at radius 2 is 1.86 bits per heavy atom. The summed E-state index contributed by atoms with van der Waals surface area (Å²) in [5.41, 5.74) is 1.48. The average molecular weight is 402 g/mol. The number of benzene rings is 1. The minimum Gasteiger partial charge on any atom is -0.383 e. The first-order valence-electron chi connectivity index (χ1n) is 10.7. The molecule has 2 aliphatic rings. The lowest BCUT2D eigenvalue weighted by Crippen LogP contribution is -2.47. The normalized spacial score (nSPS) is 27.0. The highest BCUT2D eigenvalue weighted by Gasteiger charge is 2.50. The summed E-state index contributed by atoms with van der Waals surface area (Å²) in [6, 6.07) is 10.8. The van der Waals surface area contributed by atoms with Crippen LogP contribution in [0, 0.1) is 5.41 Å². The summed E-state index contributed by atoms with van der Waals surface area (Å²) in [5.74, 6) is 0.182. The predicted molar refractivity (Wildman–Crippen MR) is 113 cm³/mol. The maximum absolute atomic E-state index is 12.6. The molecule has 1 aromatic rings. The zero-order valence-electron chi connectivity index (χ0n) is 18.1. The molecule has 1 aromatic carbocycles. The van der Waals surface area contributed by atoms with Crippen LogP contribution in [0.1, 0.15) is 44.1 Å². The lowest BCUT2D eigenvalue weighted by atomic mass is 9.64. The van der Waals surface area contributed by atoms with Crippen LogP contribution < -0.4 is 5.32 Å². The van der Waals surface area contributed by atoms with Gasteiger partial charge in [-0.25, -0.2) is 0 Å². The molecular weight excluding hydrogens is 366 g/mol. The molecule has 0 bridgehead atoms. The summed E-state index contributed by atoms with van der Waals surface area (Å²) in [4.78, 5) is 28.9. The maximum Gasteiger partial charge on any atom is 0.223 e. The molecule has 29 heavy (non-hydrogen) atoms. The predicted octanol–water partition coefficient (Wildman–Crippen LogP) is 2.39.